The van der Waals surface area contributed by atoms with Crippen LogP contribution in [-0.4, -0.2) is 48.3 Å². The predicted molar refractivity (Wildman–Crippen MR) is 136 cm³/mol. The summed E-state index contributed by atoms with van der Waals surface area (Å²) in [7, 11) is 0. The maximum atomic E-state index is 11.5. The number of carbonyl (C=O) groups is 1. The minimum Gasteiger partial charge on any atom is -0.366 e. The second kappa shape index (κ2) is 8.75. The maximum absolute atomic E-state index is 11.5. The molecule has 0 unspecified atom stereocenters. The number of amides is 1. The summed E-state index contributed by atoms with van der Waals surface area (Å²) in [6, 6.07) is 5.72. The summed E-state index contributed by atoms with van der Waals surface area (Å²) >= 11 is 1.54. The summed E-state index contributed by atoms with van der Waals surface area (Å²) in [5.74, 6) is 1.16. The normalized spacial score (nSPS) is 18.5. The smallest absolute Gasteiger partial charge is 0.250 e. The van der Waals surface area contributed by atoms with Crippen molar-refractivity contribution in [1.29, 1.82) is 0 Å². The fraction of sp³-hybridized carbons (Fsp3) is 0.320. The zero-order valence-corrected chi connectivity index (χ0v) is 20.7. The molecule has 0 radical (unpaired) electrons. The standard InChI is InChI=1S/C25H27N9OS/c1-16-19(3-7-28-24(16)33-9-4-17(14-33)23(27)35)36-21-13-29-20(12-30-21)32-10-5-25(6-11-32)15-34-18(22(25)26)2-8-31-34/h2-4,7-9,12-14,22H,5-6,10-11,15,26H2,1H3,(H2,27,35)/t22-/m1/s1. The molecule has 1 saturated heterocycles. The molecule has 0 aliphatic carbocycles. The number of primary amides is 1. The Morgan fingerprint density at radius 2 is 1.94 bits per heavy atom. The van der Waals surface area contributed by atoms with Crippen molar-refractivity contribution in [2.75, 3.05) is 18.0 Å². The number of rotatable bonds is 5. The van der Waals surface area contributed by atoms with E-state index in [1.165, 1.54) is 11.8 Å². The molecule has 1 fully saturated rings. The largest absolute Gasteiger partial charge is 0.366 e. The second-order valence-electron chi connectivity index (χ2n) is 9.49. The Bertz CT molecular complexity index is 1420. The third kappa shape index (κ3) is 3.84. The lowest BCUT2D eigenvalue weighted by Crippen LogP contribution is -2.45. The van der Waals surface area contributed by atoms with E-state index in [0.717, 1.165) is 65.3 Å². The van der Waals surface area contributed by atoms with Crippen molar-refractivity contribution in [2.45, 2.75) is 42.3 Å². The Morgan fingerprint density at radius 1 is 1.11 bits per heavy atom. The molecule has 184 valence electrons. The van der Waals surface area contributed by atoms with Gasteiger partial charge in [-0.1, -0.05) is 11.8 Å². The van der Waals surface area contributed by atoms with Gasteiger partial charge in [0.05, 0.1) is 29.7 Å². The van der Waals surface area contributed by atoms with Crippen LogP contribution in [0, 0.1) is 12.3 Å². The van der Waals surface area contributed by atoms with E-state index in [1.54, 1.807) is 29.2 Å². The van der Waals surface area contributed by atoms with Crippen molar-refractivity contribution in [3.63, 3.8) is 0 Å². The third-order valence-corrected chi connectivity index (χ3v) is 8.54. The zero-order chi connectivity index (χ0) is 24.9. The Morgan fingerprint density at radius 3 is 2.64 bits per heavy atom. The van der Waals surface area contributed by atoms with Crippen LogP contribution in [0.2, 0.25) is 0 Å². The summed E-state index contributed by atoms with van der Waals surface area (Å²) < 4.78 is 3.87. The number of hydrogen-bond donors (Lipinski definition) is 2. The fourth-order valence-corrected chi connectivity index (χ4v) is 6.10. The molecule has 4 aromatic rings. The molecule has 1 atom stereocenters. The Balaban J connectivity index is 1.13. The molecule has 4 aromatic heterocycles. The molecule has 1 amide bonds. The molecule has 0 aromatic carbocycles. The van der Waals surface area contributed by atoms with Crippen molar-refractivity contribution in [3.8, 4) is 5.82 Å². The topological polar surface area (TPSA) is 134 Å². The van der Waals surface area contributed by atoms with Gasteiger partial charge in [0.25, 0.3) is 0 Å². The summed E-state index contributed by atoms with van der Waals surface area (Å²) in [4.78, 5) is 28.6. The second-order valence-corrected chi connectivity index (χ2v) is 10.5. The average Bonchev–Trinajstić information content (AvgIpc) is 3.60. The highest BCUT2D eigenvalue weighted by Crippen LogP contribution is 2.47. The molecule has 6 heterocycles. The van der Waals surface area contributed by atoms with Crippen LogP contribution in [0.3, 0.4) is 0 Å². The Labute approximate surface area is 212 Å². The van der Waals surface area contributed by atoms with Gasteiger partial charge in [-0.15, -0.1) is 0 Å². The number of nitrogens with zero attached hydrogens (tertiary/aromatic N) is 7. The molecule has 1 spiro atoms. The molecule has 0 bridgehead atoms. The lowest BCUT2D eigenvalue weighted by molar-refractivity contribution is 0.100. The van der Waals surface area contributed by atoms with Crippen LogP contribution in [0.15, 0.2) is 65.3 Å². The van der Waals surface area contributed by atoms with Crippen molar-refractivity contribution >= 4 is 23.5 Å². The Hall–Kier alpha value is -3.70. The van der Waals surface area contributed by atoms with Crippen LogP contribution in [0.4, 0.5) is 5.82 Å². The number of pyridine rings is 1. The van der Waals surface area contributed by atoms with Crippen LogP contribution in [0.5, 0.6) is 0 Å². The summed E-state index contributed by atoms with van der Waals surface area (Å²) in [6.07, 6.45) is 12.7. The van der Waals surface area contributed by atoms with E-state index in [2.05, 4.69) is 24.6 Å². The van der Waals surface area contributed by atoms with Crippen LogP contribution >= 0.6 is 11.8 Å². The highest BCUT2D eigenvalue weighted by Gasteiger charge is 2.46. The van der Waals surface area contributed by atoms with E-state index in [9.17, 15) is 4.79 Å². The van der Waals surface area contributed by atoms with E-state index in [-0.39, 0.29) is 11.5 Å². The van der Waals surface area contributed by atoms with Crippen molar-refractivity contribution in [1.82, 2.24) is 29.3 Å². The van der Waals surface area contributed by atoms with E-state index < -0.39 is 5.91 Å². The Kier molecular flexibility index (Phi) is 5.53. The van der Waals surface area contributed by atoms with Gasteiger partial charge in [0.1, 0.15) is 16.7 Å². The number of piperidine rings is 1. The van der Waals surface area contributed by atoms with Gasteiger partial charge in [-0.25, -0.2) is 15.0 Å². The van der Waals surface area contributed by atoms with Crippen LogP contribution in [-0.2, 0) is 6.54 Å². The van der Waals surface area contributed by atoms with Gasteiger partial charge in [0.2, 0.25) is 5.91 Å². The maximum Gasteiger partial charge on any atom is 0.250 e. The van der Waals surface area contributed by atoms with Crippen molar-refractivity contribution < 1.29 is 4.79 Å². The van der Waals surface area contributed by atoms with Crippen LogP contribution in [0.25, 0.3) is 5.82 Å². The number of carbonyl (C=O) groups excluding carboxylic acids is 1. The van der Waals surface area contributed by atoms with Gasteiger partial charge in [0, 0.05) is 60.3 Å². The molecule has 2 aliphatic heterocycles. The van der Waals surface area contributed by atoms with E-state index in [4.69, 9.17) is 16.5 Å². The van der Waals surface area contributed by atoms with Gasteiger partial charge >= 0.3 is 0 Å². The molecule has 4 N–H and O–H groups in total. The lowest BCUT2D eigenvalue weighted by Gasteiger charge is -2.41. The molecule has 6 rings (SSSR count). The molecular formula is C25H27N9OS. The van der Waals surface area contributed by atoms with Crippen molar-refractivity contribution in [3.05, 3.63) is 72.2 Å². The number of nitrogens with two attached hydrogens (primary N) is 2. The number of hydrogen-bond acceptors (Lipinski definition) is 8. The van der Waals surface area contributed by atoms with E-state index >= 15 is 0 Å². The van der Waals surface area contributed by atoms with Crippen LogP contribution in [0.1, 0.15) is 40.5 Å². The highest BCUT2D eigenvalue weighted by molar-refractivity contribution is 7.99. The number of aromatic nitrogens is 6. The number of anilines is 1. The highest BCUT2D eigenvalue weighted by atomic mass is 32.2. The van der Waals surface area contributed by atoms with Gasteiger partial charge < -0.3 is 20.9 Å². The minimum absolute atomic E-state index is 0.0365. The third-order valence-electron chi connectivity index (χ3n) is 7.45. The first-order valence-corrected chi connectivity index (χ1v) is 12.7. The minimum atomic E-state index is -0.464. The van der Waals surface area contributed by atoms with E-state index in [0.29, 0.717) is 5.56 Å². The monoisotopic (exact) mass is 501 g/mol. The van der Waals surface area contributed by atoms with Crippen LogP contribution < -0.4 is 16.4 Å². The van der Waals surface area contributed by atoms with E-state index in [1.807, 2.05) is 37.6 Å². The first kappa shape index (κ1) is 22.7. The molecule has 11 heteroatoms. The van der Waals surface area contributed by atoms with Gasteiger partial charge in [-0.2, -0.15) is 5.10 Å². The average molecular weight is 502 g/mol. The summed E-state index contributed by atoms with van der Waals surface area (Å²) in [5, 5.41) is 5.24. The first-order valence-electron chi connectivity index (χ1n) is 11.9. The molecule has 36 heavy (non-hydrogen) atoms. The van der Waals surface area contributed by atoms with Gasteiger partial charge in [-0.05, 0) is 38.0 Å². The summed E-state index contributed by atoms with van der Waals surface area (Å²) in [6.45, 7) is 4.69. The molecule has 2 aliphatic rings. The van der Waals surface area contributed by atoms with Gasteiger partial charge in [0.15, 0.2) is 0 Å². The first-order chi connectivity index (χ1) is 17.4. The molecule has 0 saturated carbocycles. The van der Waals surface area contributed by atoms with Gasteiger partial charge in [-0.3, -0.25) is 9.48 Å². The molecular weight excluding hydrogens is 474 g/mol. The summed E-state index contributed by atoms with van der Waals surface area (Å²) in [5.41, 5.74) is 14.7. The zero-order valence-electron chi connectivity index (χ0n) is 19.9. The molecule has 10 nitrogen and oxygen atoms in total. The fourth-order valence-electron chi connectivity index (χ4n) is 5.29. The lowest BCUT2D eigenvalue weighted by atomic mass is 9.73. The predicted octanol–water partition coefficient (Wildman–Crippen LogP) is 2.72. The van der Waals surface area contributed by atoms with Crippen molar-refractivity contribution in [2.24, 2.45) is 16.9 Å². The quantitative estimate of drug-likeness (QED) is 0.426. The SMILES string of the molecule is Cc1c(Sc2cnc(N3CCC4(CC3)Cn3nccc3[C@H]4N)cn2)ccnc1-n1ccc(C(N)=O)c1. The number of fused-ring (bicyclic) bond motifs is 1.